The molecule has 0 aromatic carbocycles. The van der Waals surface area contributed by atoms with Crippen LogP contribution in [0.15, 0.2) is 22.2 Å². The maximum absolute atomic E-state index is 12.3. The summed E-state index contributed by atoms with van der Waals surface area (Å²) < 4.78 is 37.7. The van der Waals surface area contributed by atoms with E-state index in [0.29, 0.717) is 0 Å². The summed E-state index contributed by atoms with van der Waals surface area (Å²) in [6.45, 7) is -5.06. The number of nitrogens with zero attached hydrogens (tertiary/aromatic N) is 6. The molecular formula is C20H24N10O11P2S3. The van der Waals surface area contributed by atoms with Crippen LogP contribution in [0.25, 0.3) is 22.3 Å². The molecule has 10 atom stereocenters. The Balaban J connectivity index is 1.18. The summed E-state index contributed by atoms with van der Waals surface area (Å²) in [5, 5.41) is 22.6. The number of aromatic nitrogens is 8. The first-order chi connectivity index (χ1) is 21.7. The van der Waals surface area contributed by atoms with Gasteiger partial charge in [-0.3, -0.25) is 33.2 Å². The minimum Gasteiger partial charge on any atom is -0.386 e. The molecular weight excluding hydrogens is 714 g/mol. The minimum absolute atomic E-state index is 0.00698. The first-order valence-electron chi connectivity index (χ1n) is 13.1. The van der Waals surface area contributed by atoms with E-state index < -0.39 is 85.8 Å². The number of aromatic amines is 2. The van der Waals surface area contributed by atoms with Gasteiger partial charge >= 0.3 is 6.72 Å². The van der Waals surface area contributed by atoms with E-state index in [-0.39, 0.29) is 34.2 Å². The van der Waals surface area contributed by atoms with Gasteiger partial charge in [0.25, 0.3) is 11.1 Å². The monoisotopic (exact) mass is 738 g/mol. The molecule has 0 saturated carbocycles. The molecule has 26 heteroatoms. The topological polar surface area (TPSA) is 295 Å². The molecule has 248 valence electrons. The fourth-order valence-electron chi connectivity index (χ4n) is 5.39. The Morgan fingerprint density at radius 1 is 0.848 bits per heavy atom. The Kier molecular flexibility index (Phi) is 8.13. The van der Waals surface area contributed by atoms with E-state index in [4.69, 9.17) is 62.6 Å². The number of nitrogen functional groups attached to an aromatic ring is 2. The van der Waals surface area contributed by atoms with E-state index in [2.05, 4.69) is 42.2 Å². The molecule has 46 heavy (non-hydrogen) atoms. The smallest absolute Gasteiger partial charge is 0.325 e. The second-order valence-corrected chi connectivity index (χ2v) is 18.4. The summed E-state index contributed by atoms with van der Waals surface area (Å²) in [5.74, 6) is -0.389. The van der Waals surface area contributed by atoms with E-state index in [1.54, 1.807) is 0 Å². The lowest BCUT2D eigenvalue weighted by Crippen LogP contribution is -2.38. The van der Waals surface area contributed by atoms with Crippen LogP contribution in [0.3, 0.4) is 0 Å². The molecule has 21 nitrogen and oxygen atoms in total. The molecule has 4 unspecified atom stereocenters. The maximum Gasteiger partial charge on any atom is 0.325 e. The number of nitrogens with one attached hydrogen (secondary N) is 2. The van der Waals surface area contributed by atoms with Gasteiger partial charge in [0.1, 0.15) is 36.6 Å². The van der Waals surface area contributed by atoms with Gasteiger partial charge in [-0.25, -0.2) is 9.97 Å². The average molecular weight is 739 g/mol. The normalized spacial score (nSPS) is 37.1. The quantitative estimate of drug-likeness (QED) is 0.0825. The Bertz CT molecular complexity index is 1910. The molecule has 0 bridgehead atoms. The van der Waals surface area contributed by atoms with Crippen molar-refractivity contribution in [2.75, 3.05) is 24.7 Å². The van der Waals surface area contributed by atoms with Gasteiger partial charge in [0.15, 0.2) is 34.8 Å². The summed E-state index contributed by atoms with van der Waals surface area (Å²) in [6, 6.07) is 0. The number of aliphatic hydroxyl groups excluding tert-OH is 2. The highest BCUT2D eigenvalue weighted by atomic mass is 32.9. The molecule has 3 saturated heterocycles. The number of hydrogen-bond acceptors (Lipinski definition) is 18. The standard InChI is InChI=1S/C20H24N10O11P2S3/c21-19-25-13-7(15(33)27-19)23-3-29(13)17-9(31)11-6(39-17)2-37-43(45,46)41-12-5(1-36-42(35,44)40-11)38-18(10(12)32)30-4-24-8-14(30)26-20(22)28-16(8)34/h3-6,9-12,17-18,31-32H,1-2H2,(H,35,44)(H,45,46)(H3,21,25,27,33)(H3,22,26,28,34)/t5-,6-,9?,10?,11+,12+,17-,18-,42?/m1/s1. The molecule has 0 spiro atoms. The third-order valence-corrected chi connectivity index (χ3v) is 11.1. The summed E-state index contributed by atoms with van der Waals surface area (Å²) in [7, 11) is 0. The van der Waals surface area contributed by atoms with Crippen molar-refractivity contribution in [3.8, 4) is 0 Å². The van der Waals surface area contributed by atoms with Crippen LogP contribution < -0.4 is 22.6 Å². The van der Waals surface area contributed by atoms with Crippen LogP contribution in [-0.2, 0) is 51.2 Å². The van der Waals surface area contributed by atoms with Gasteiger partial charge in [-0.2, -0.15) is 9.97 Å². The highest BCUT2D eigenvalue weighted by Crippen LogP contribution is 2.58. The van der Waals surface area contributed by atoms with Crippen molar-refractivity contribution in [3.63, 3.8) is 0 Å². The number of hydrogen-bond donors (Lipinski definition) is 8. The number of nitrogens with two attached hydrogens (primary N) is 2. The van der Waals surface area contributed by atoms with Crippen LogP contribution in [0.5, 0.6) is 0 Å². The third-order valence-electron chi connectivity index (χ3n) is 7.38. The van der Waals surface area contributed by atoms with E-state index in [9.17, 15) is 24.7 Å². The van der Waals surface area contributed by atoms with Gasteiger partial charge < -0.3 is 49.6 Å². The summed E-state index contributed by atoms with van der Waals surface area (Å²) in [6.07, 6.45) is -7.99. The van der Waals surface area contributed by atoms with Crippen molar-refractivity contribution in [2.24, 2.45) is 0 Å². The summed E-state index contributed by atoms with van der Waals surface area (Å²) in [5.41, 5.74) is 6.55. The van der Waals surface area contributed by atoms with E-state index >= 15 is 0 Å². The van der Waals surface area contributed by atoms with Crippen molar-refractivity contribution in [1.29, 1.82) is 0 Å². The maximum atomic E-state index is 12.3. The number of anilines is 2. The molecule has 0 aliphatic carbocycles. The Labute approximate surface area is 270 Å². The number of ether oxygens (including phenoxy) is 2. The molecule has 7 heterocycles. The minimum atomic E-state index is -4.17. The van der Waals surface area contributed by atoms with Crippen molar-refractivity contribution >= 4 is 82.5 Å². The Morgan fingerprint density at radius 2 is 1.30 bits per heavy atom. The highest BCUT2D eigenvalue weighted by Gasteiger charge is 2.52. The van der Waals surface area contributed by atoms with Crippen LogP contribution in [0.2, 0.25) is 0 Å². The van der Waals surface area contributed by atoms with Crippen molar-refractivity contribution < 1.29 is 42.7 Å². The predicted molar refractivity (Wildman–Crippen MR) is 166 cm³/mol. The number of rotatable bonds is 2. The van der Waals surface area contributed by atoms with Gasteiger partial charge in [-0.15, -0.1) is 0 Å². The predicted octanol–water partition coefficient (Wildman–Crippen LogP) is -1.88. The number of thiol groups is 1. The van der Waals surface area contributed by atoms with Gasteiger partial charge in [0.05, 0.1) is 25.9 Å². The number of aliphatic hydroxyl groups is 2. The van der Waals surface area contributed by atoms with Crippen LogP contribution in [-0.4, -0.2) is 104 Å². The Hall–Kier alpha value is -2.41. The van der Waals surface area contributed by atoms with Crippen LogP contribution in [0.4, 0.5) is 11.9 Å². The zero-order valence-corrected chi connectivity index (χ0v) is 27.1. The average Bonchev–Trinajstić information content (AvgIpc) is 3.72. The van der Waals surface area contributed by atoms with E-state index in [1.807, 2.05) is 0 Å². The Morgan fingerprint density at radius 3 is 1.80 bits per heavy atom. The van der Waals surface area contributed by atoms with Crippen LogP contribution in [0.1, 0.15) is 12.5 Å². The van der Waals surface area contributed by atoms with Crippen LogP contribution in [0, 0.1) is 0 Å². The van der Waals surface area contributed by atoms with Crippen molar-refractivity contribution in [2.45, 2.75) is 49.1 Å². The van der Waals surface area contributed by atoms with Gasteiger partial charge in [0.2, 0.25) is 17.6 Å². The largest absolute Gasteiger partial charge is 0.386 e. The molecule has 4 aromatic heterocycles. The lowest BCUT2D eigenvalue weighted by molar-refractivity contribution is -0.0561. The third kappa shape index (κ3) is 5.71. The second-order valence-electron chi connectivity index (χ2n) is 10.3. The first kappa shape index (κ1) is 32.2. The molecule has 4 aromatic rings. The van der Waals surface area contributed by atoms with Gasteiger partial charge in [0, 0.05) is 0 Å². The molecule has 3 aliphatic rings. The molecule has 0 radical (unpaired) electrons. The van der Waals surface area contributed by atoms with Crippen LogP contribution >= 0.6 is 24.7 Å². The van der Waals surface area contributed by atoms with Gasteiger partial charge in [-0.05, 0) is 23.6 Å². The van der Waals surface area contributed by atoms with E-state index in [1.165, 1.54) is 21.8 Å². The zero-order valence-electron chi connectivity index (χ0n) is 22.8. The summed E-state index contributed by atoms with van der Waals surface area (Å²) >= 11 is 15.2. The number of fused-ring (bicyclic) bond motifs is 4. The van der Waals surface area contributed by atoms with E-state index in [0.717, 1.165) is 0 Å². The SMILES string of the molecule is Nc1nc2c(ncn2[C@@H]2O[C@@H]3COP(=S)(S)O[C@@H]4C(O)[C@H](n5cnc6c(=O)[nH]c(N)nc65)O[C@@H]4COP(O)(=S)O[C@@H]3C2O)c(=O)[nH]1. The molecule has 3 fully saturated rings. The fourth-order valence-corrected chi connectivity index (χ4v) is 8.81. The zero-order chi connectivity index (χ0) is 32.7. The van der Waals surface area contributed by atoms with Gasteiger partial charge in [-0.1, -0.05) is 12.2 Å². The lowest BCUT2D eigenvalue weighted by Gasteiger charge is -2.30. The molecule has 3 aliphatic heterocycles. The van der Waals surface area contributed by atoms with Crippen molar-refractivity contribution in [3.05, 3.63) is 33.4 Å². The molecule has 9 N–H and O–H groups in total. The first-order valence-corrected chi connectivity index (χ1v) is 19.5. The lowest BCUT2D eigenvalue weighted by atomic mass is 10.1. The molecule has 0 amide bonds. The number of H-pyrrole nitrogens is 2. The van der Waals surface area contributed by atoms with Crippen molar-refractivity contribution in [1.82, 2.24) is 39.0 Å². The fraction of sp³-hybridized carbons (Fsp3) is 0.500. The highest BCUT2D eigenvalue weighted by molar-refractivity contribution is 8.60. The molecule has 7 rings (SSSR count). The second kappa shape index (κ2) is 11.6. The number of imidazole rings is 2. The summed E-state index contributed by atoms with van der Waals surface area (Å²) in [4.78, 5) is 56.5.